The molecule has 2 rings (SSSR count). The van der Waals surface area contributed by atoms with Crippen LogP contribution in [0.25, 0.3) is 0 Å². The molecule has 5 N–H and O–H groups in total. The average molecular weight is 613 g/mol. The highest BCUT2D eigenvalue weighted by Gasteiger charge is 2.34. The fourth-order valence-corrected chi connectivity index (χ4v) is 6.45. The highest BCUT2D eigenvalue weighted by molar-refractivity contribution is 5.90. The van der Waals surface area contributed by atoms with Crippen molar-refractivity contribution < 1.29 is 39.8 Å². The molecule has 0 aromatic heterocycles. The molecule has 8 atom stereocenters. The molecule has 0 aromatic rings. The van der Waals surface area contributed by atoms with Crippen LogP contribution >= 0.6 is 0 Å². The fourth-order valence-electron chi connectivity index (χ4n) is 6.45. The number of hydrogen-bond donors (Lipinski definition) is 5. The first-order chi connectivity index (χ1) is 20.7. The normalized spacial score (nSPS) is 24.0. The third-order valence-corrected chi connectivity index (χ3v) is 9.16. The maximum atomic E-state index is 11.7. The number of rotatable bonds is 26. The number of hydrogen-bond acceptors (Lipinski definition) is 8. The highest BCUT2D eigenvalue weighted by Crippen LogP contribution is 2.28. The van der Waals surface area contributed by atoms with Crippen LogP contribution in [0.15, 0.2) is 11.6 Å². The van der Waals surface area contributed by atoms with E-state index in [-0.39, 0.29) is 30.7 Å². The van der Waals surface area contributed by atoms with Crippen molar-refractivity contribution in [1.29, 1.82) is 0 Å². The molecular weight excluding hydrogens is 548 g/mol. The molecule has 252 valence electrons. The minimum Gasteiger partial charge on any atom is -0.455 e. The van der Waals surface area contributed by atoms with Gasteiger partial charge >= 0.3 is 5.97 Å². The zero-order chi connectivity index (χ0) is 31.5. The number of aliphatic hydroxyl groups is 5. The lowest BCUT2D eigenvalue weighted by Crippen LogP contribution is -2.31. The second kappa shape index (κ2) is 22.5. The number of carbonyl (C=O) groups is 1. The Kier molecular flexibility index (Phi) is 19.9. The quantitative estimate of drug-likeness (QED) is 0.0590. The number of cyclic esters (lactones) is 1. The van der Waals surface area contributed by atoms with E-state index in [1.165, 1.54) is 51.4 Å². The van der Waals surface area contributed by atoms with Gasteiger partial charge in [0.15, 0.2) is 0 Å². The molecule has 0 amide bonds. The second-order valence-corrected chi connectivity index (χ2v) is 13.3. The molecule has 0 spiro atoms. The second-order valence-electron chi connectivity index (χ2n) is 13.3. The molecule has 8 heteroatoms. The van der Waals surface area contributed by atoms with E-state index in [1.54, 1.807) is 13.0 Å². The van der Waals surface area contributed by atoms with E-state index in [0.29, 0.717) is 37.7 Å². The topological polar surface area (TPSA) is 137 Å². The van der Waals surface area contributed by atoms with E-state index in [2.05, 4.69) is 6.92 Å². The van der Waals surface area contributed by atoms with E-state index in [9.17, 15) is 30.3 Å². The number of carbonyl (C=O) groups excluding carboxylic acids is 1. The summed E-state index contributed by atoms with van der Waals surface area (Å²) in [7, 11) is 0. The van der Waals surface area contributed by atoms with E-state index < -0.39 is 30.5 Å². The molecule has 0 radical (unpaired) electrons. The number of ether oxygens (including phenoxy) is 2. The van der Waals surface area contributed by atoms with Crippen LogP contribution in [-0.4, -0.2) is 80.3 Å². The van der Waals surface area contributed by atoms with Gasteiger partial charge in [-0.05, 0) is 64.4 Å². The Morgan fingerprint density at radius 2 is 1.16 bits per heavy atom. The molecule has 2 heterocycles. The molecule has 43 heavy (non-hydrogen) atoms. The first-order valence-corrected chi connectivity index (χ1v) is 17.7. The number of aliphatic hydroxyl groups excluding tert-OH is 5. The van der Waals surface area contributed by atoms with Crippen LogP contribution in [0.4, 0.5) is 0 Å². The average Bonchev–Trinajstić information content (AvgIpc) is 3.58. The van der Waals surface area contributed by atoms with Crippen molar-refractivity contribution in [3.8, 4) is 0 Å². The summed E-state index contributed by atoms with van der Waals surface area (Å²) in [6.07, 6.45) is 17.9. The number of esters is 1. The molecule has 0 unspecified atom stereocenters. The fraction of sp³-hybridized carbons (Fsp3) is 0.914. The van der Waals surface area contributed by atoms with Crippen molar-refractivity contribution >= 4 is 5.97 Å². The Hall–Kier alpha value is -1.03. The van der Waals surface area contributed by atoms with Gasteiger partial charge < -0.3 is 35.0 Å². The molecule has 0 bridgehead atoms. The van der Waals surface area contributed by atoms with Gasteiger partial charge in [-0.3, -0.25) is 0 Å². The molecule has 8 nitrogen and oxygen atoms in total. The van der Waals surface area contributed by atoms with Gasteiger partial charge in [0.25, 0.3) is 0 Å². The minimum absolute atomic E-state index is 0.217. The molecule has 1 fully saturated rings. The zero-order valence-corrected chi connectivity index (χ0v) is 27.2. The maximum absolute atomic E-state index is 11.7. The van der Waals surface area contributed by atoms with E-state index >= 15 is 0 Å². The molecule has 0 saturated carbocycles. The third kappa shape index (κ3) is 16.7. The SMILES string of the molecule is CCCCCCCCCCCC[C@@H](O)[C@H]1CC[C@H]([C@H](O)CC[C@H](O)C[C@H](O)CCCCC[C@H](O)CC2=C[C@H](C)OC2=O)O1. The minimum atomic E-state index is -0.688. The van der Waals surface area contributed by atoms with Crippen molar-refractivity contribution in [2.45, 2.75) is 204 Å². The van der Waals surface area contributed by atoms with Gasteiger partial charge in [-0.1, -0.05) is 90.4 Å². The summed E-state index contributed by atoms with van der Waals surface area (Å²) in [5.74, 6) is -0.339. The van der Waals surface area contributed by atoms with E-state index in [1.807, 2.05) is 0 Å². The lowest BCUT2D eigenvalue weighted by Gasteiger charge is -2.23. The summed E-state index contributed by atoms with van der Waals surface area (Å²) >= 11 is 0. The zero-order valence-electron chi connectivity index (χ0n) is 27.2. The Bertz CT molecular complexity index is 758. The Labute approximate surface area is 261 Å². The lowest BCUT2D eigenvalue weighted by atomic mass is 9.97. The van der Waals surface area contributed by atoms with Crippen molar-refractivity contribution in [2.24, 2.45) is 0 Å². The molecule has 0 aliphatic carbocycles. The van der Waals surface area contributed by atoms with Gasteiger partial charge in [0.05, 0.1) is 42.7 Å². The Balaban J connectivity index is 1.46. The van der Waals surface area contributed by atoms with Crippen LogP contribution in [0.2, 0.25) is 0 Å². The molecule has 1 saturated heterocycles. The van der Waals surface area contributed by atoms with Crippen molar-refractivity contribution in [1.82, 2.24) is 0 Å². The first-order valence-electron chi connectivity index (χ1n) is 17.7. The highest BCUT2D eigenvalue weighted by atomic mass is 16.5. The smallest absolute Gasteiger partial charge is 0.334 e. The molecule has 2 aliphatic heterocycles. The van der Waals surface area contributed by atoms with Crippen molar-refractivity contribution in [3.05, 3.63) is 11.6 Å². The van der Waals surface area contributed by atoms with Crippen LogP contribution in [0.5, 0.6) is 0 Å². The van der Waals surface area contributed by atoms with Gasteiger partial charge in [-0.2, -0.15) is 0 Å². The predicted octanol–water partition coefficient (Wildman–Crippen LogP) is 6.03. The van der Waals surface area contributed by atoms with Crippen molar-refractivity contribution in [3.63, 3.8) is 0 Å². The molecular formula is C35H64O8. The molecule has 2 aliphatic rings. The van der Waals surface area contributed by atoms with Gasteiger partial charge in [0.2, 0.25) is 0 Å². The Morgan fingerprint density at radius 1 is 0.674 bits per heavy atom. The first kappa shape index (κ1) is 38.2. The van der Waals surface area contributed by atoms with E-state index in [0.717, 1.165) is 51.4 Å². The Morgan fingerprint density at radius 3 is 1.74 bits per heavy atom. The van der Waals surface area contributed by atoms with Crippen LogP contribution in [0, 0.1) is 0 Å². The summed E-state index contributed by atoms with van der Waals surface area (Å²) in [5, 5.41) is 52.1. The summed E-state index contributed by atoms with van der Waals surface area (Å²) in [4.78, 5) is 11.7. The van der Waals surface area contributed by atoms with Crippen LogP contribution in [0.3, 0.4) is 0 Å². The summed E-state index contributed by atoms with van der Waals surface area (Å²) in [6, 6.07) is 0. The summed E-state index contributed by atoms with van der Waals surface area (Å²) in [5.41, 5.74) is 0.547. The van der Waals surface area contributed by atoms with Crippen molar-refractivity contribution in [2.75, 3.05) is 0 Å². The largest absolute Gasteiger partial charge is 0.455 e. The van der Waals surface area contributed by atoms with Gasteiger partial charge in [0, 0.05) is 12.0 Å². The summed E-state index contributed by atoms with van der Waals surface area (Å²) in [6.45, 7) is 4.04. The monoisotopic (exact) mass is 612 g/mol. The van der Waals surface area contributed by atoms with Crippen LogP contribution < -0.4 is 0 Å². The van der Waals surface area contributed by atoms with Crippen LogP contribution in [-0.2, 0) is 14.3 Å². The maximum Gasteiger partial charge on any atom is 0.334 e. The van der Waals surface area contributed by atoms with Gasteiger partial charge in [-0.25, -0.2) is 4.79 Å². The van der Waals surface area contributed by atoms with Crippen LogP contribution in [0.1, 0.15) is 155 Å². The standard InChI is InChI=1S/C35H64O8/c1-3-4-5-6-7-8-9-10-11-15-18-31(39)33-21-22-34(43-33)32(40)20-19-30(38)25-29(37)17-14-12-13-16-28(36)24-27-23-26(2)42-35(27)41/h23,26,28-34,36-40H,3-22,24-25H2,1-2H3/t26-,28-,29+,30-,31+,32+,33+,34+/m0/s1. The lowest BCUT2D eigenvalue weighted by molar-refractivity contribution is -0.139. The van der Waals surface area contributed by atoms with Gasteiger partial charge in [0.1, 0.15) is 6.10 Å². The number of unbranched alkanes of at least 4 members (excludes halogenated alkanes) is 11. The predicted molar refractivity (Wildman–Crippen MR) is 170 cm³/mol. The molecule has 0 aromatic carbocycles. The summed E-state index contributed by atoms with van der Waals surface area (Å²) < 4.78 is 11.1. The van der Waals surface area contributed by atoms with Gasteiger partial charge in [-0.15, -0.1) is 0 Å². The van der Waals surface area contributed by atoms with E-state index in [4.69, 9.17) is 9.47 Å². The third-order valence-electron chi connectivity index (χ3n) is 9.16.